The number of halogens is 2. The molecule has 0 spiro atoms. The van der Waals surface area contributed by atoms with Gasteiger partial charge in [0.15, 0.2) is 6.61 Å². The summed E-state index contributed by atoms with van der Waals surface area (Å²) in [5.74, 6) is -1.60. The number of hydrogen-bond donors (Lipinski definition) is 1. The molecule has 0 saturated heterocycles. The van der Waals surface area contributed by atoms with Crippen molar-refractivity contribution in [2.45, 2.75) is 6.61 Å². The monoisotopic (exact) mass is 396 g/mol. The Labute approximate surface area is 157 Å². The van der Waals surface area contributed by atoms with Crippen LogP contribution < -0.4 is 14.8 Å². The van der Waals surface area contributed by atoms with E-state index in [2.05, 4.69) is 10.1 Å². The maximum Gasteiger partial charge on any atom is 0.387 e. The van der Waals surface area contributed by atoms with Crippen molar-refractivity contribution in [3.8, 4) is 11.5 Å². The van der Waals surface area contributed by atoms with Crippen molar-refractivity contribution in [3.63, 3.8) is 0 Å². The van der Waals surface area contributed by atoms with Crippen molar-refractivity contribution < 1.29 is 37.5 Å². The minimum absolute atomic E-state index is 0.00449. The zero-order valence-corrected chi connectivity index (χ0v) is 14.4. The summed E-state index contributed by atoms with van der Waals surface area (Å²) in [4.78, 5) is 34.2. The average Bonchev–Trinajstić information content (AvgIpc) is 2.66. The first kappa shape index (κ1) is 20.6. The fourth-order valence-corrected chi connectivity index (χ4v) is 2.07. The van der Waals surface area contributed by atoms with E-state index in [1.165, 1.54) is 31.4 Å². The van der Waals surface area contributed by atoms with Gasteiger partial charge in [0.2, 0.25) is 0 Å². The summed E-state index contributed by atoms with van der Waals surface area (Å²) in [7, 11) is 1.34. The molecule has 2 aromatic rings. The van der Waals surface area contributed by atoms with Crippen LogP contribution in [0.1, 0.15) is 10.4 Å². The molecule has 2 aromatic carbocycles. The van der Waals surface area contributed by atoms with Gasteiger partial charge < -0.3 is 19.5 Å². The van der Waals surface area contributed by atoms with E-state index in [4.69, 9.17) is 9.47 Å². The van der Waals surface area contributed by atoms with E-state index in [1.807, 2.05) is 0 Å². The van der Waals surface area contributed by atoms with Crippen LogP contribution in [0.4, 0.5) is 20.2 Å². The number of rotatable bonds is 8. The van der Waals surface area contributed by atoms with Crippen molar-refractivity contribution in [1.29, 1.82) is 0 Å². The highest BCUT2D eigenvalue weighted by Gasteiger charge is 2.18. The third-order valence-electron chi connectivity index (χ3n) is 3.33. The van der Waals surface area contributed by atoms with E-state index in [-0.39, 0.29) is 22.7 Å². The molecule has 148 valence electrons. The number of ether oxygens (including phenoxy) is 3. The first-order valence-electron chi connectivity index (χ1n) is 7.64. The summed E-state index contributed by atoms with van der Waals surface area (Å²) in [6, 6.07) is 8.48. The Kier molecular flexibility index (Phi) is 6.79. The third kappa shape index (κ3) is 5.62. The number of methoxy groups -OCH3 is 1. The van der Waals surface area contributed by atoms with Crippen LogP contribution in [-0.4, -0.2) is 37.1 Å². The van der Waals surface area contributed by atoms with Gasteiger partial charge in [-0.25, -0.2) is 4.79 Å². The Morgan fingerprint density at radius 2 is 1.79 bits per heavy atom. The predicted octanol–water partition coefficient (Wildman–Crippen LogP) is 3.00. The summed E-state index contributed by atoms with van der Waals surface area (Å²) in [6.07, 6.45) is 0. The maximum absolute atomic E-state index is 12.1. The molecule has 1 N–H and O–H groups in total. The molecular weight excluding hydrogens is 382 g/mol. The number of hydrogen-bond acceptors (Lipinski definition) is 7. The smallest absolute Gasteiger partial charge is 0.387 e. The van der Waals surface area contributed by atoms with Crippen LogP contribution in [0, 0.1) is 10.1 Å². The van der Waals surface area contributed by atoms with Crippen LogP contribution >= 0.6 is 0 Å². The summed E-state index contributed by atoms with van der Waals surface area (Å²) >= 11 is 0. The molecular formula is C17H14F2N2O7. The SMILES string of the molecule is COc1ccc(NC(=O)COC(=O)c2ccc(OC(F)F)cc2)c([N+](=O)[O-])c1. The van der Waals surface area contributed by atoms with Crippen LogP contribution in [0.15, 0.2) is 42.5 Å². The van der Waals surface area contributed by atoms with Gasteiger partial charge in [-0.2, -0.15) is 8.78 Å². The number of benzene rings is 2. The summed E-state index contributed by atoms with van der Waals surface area (Å²) in [5.41, 5.74) is -0.487. The Morgan fingerprint density at radius 3 is 2.36 bits per heavy atom. The summed E-state index contributed by atoms with van der Waals surface area (Å²) in [5, 5.41) is 13.3. The molecule has 0 unspecified atom stereocenters. The second kappa shape index (κ2) is 9.26. The van der Waals surface area contributed by atoms with Crippen molar-refractivity contribution in [1.82, 2.24) is 0 Å². The molecule has 0 aliphatic rings. The molecule has 0 atom stereocenters. The lowest BCUT2D eigenvalue weighted by Crippen LogP contribution is -2.21. The fourth-order valence-electron chi connectivity index (χ4n) is 2.07. The molecule has 28 heavy (non-hydrogen) atoms. The minimum atomic E-state index is -3.00. The minimum Gasteiger partial charge on any atom is -0.496 e. The molecule has 0 saturated carbocycles. The lowest BCUT2D eigenvalue weighted by Gasteiger charge is -2.09. The number of alkyl halides is 2. The van der Waals surface area contributed by atoms with Crippen LogP contribution in [0.3, 0.4) is 0 Å². The van der Waals surface area contributed by atoms with Gasteiger partial charge in [0.25, 0.3) is 11.6 Å². The van der Waals surface area contributed by atoms with Crippen molar-refractivity contribution in [3.05, 3.63) is 58.1 Å². The number of nitrogens with zero attached hydrogens (tertiary/aromatic N) is 1. The van der Waals surface area contributed by atoms with Crippen molar-refractivity contribution in [2.24, 2.45) is 0 Å². The zero-order chi connectivity index (χ0) is 20.7. The van der Waals surface area contributed by atoms with Gasteiger partial charge in [-0.3, -0.25) is 14.9 Å². The highest BCUT2D eigenvalue weighted by molar-refractivity contribution is 5.96. The van der Waals surface area contributed by atoms with Gasteiger partial charge in [-0.15, -0.1) is 0 Å². The Bertz CT molecular complexity index is 872. The van der Waals surface area contributed by atoms with Gasteiger partial charge in [0, 0.05) is 0 Å². The van der Waals surface area contributed by atoms with E-state index >= 15 is 0 Å². The molecule has 0 aromatic heterocycles. The van der Waals surface area contributed by atoms with Gasteiger partial charge in [-0.05, 0) is 36.4 Å². The second-order valence-corrected chi connectivity index (χ2v) is 5.17. The zero-order valence-electron chi connectivity index (χ0n) is 14.4. The molecule has 9 nitrogen and oxygen atoms in total. The average molecular weight is 396 g/mol. The number of carbonyl (C=O) groups is 2. The van der Waals surface area contributed by atoms with E-state index in [1.54, 1.807) is 0 Å². The van der Waals surface area contributed by atoms with E-state index in [9.17, 15) is 28.5 Å². The van der Waals surface area contributed by atoms with Crippen LogP contribution in [0.5, 0.6) is 11.5 Å². The largest absolute Gasteiger partial charge is 0.496 e. The lowest BCUT2D eigenvalue weighted by molar-refractivity contribution is -0.384. The van der Waals surface area contributed by atoms with Gasteiger partial charge in [-0.1, -0.05) is 0 Å². The van der Waals surface area contributed by atoms with Crippen LogP contribution in [0.25, 0.3) is 0 Å². The highest BCUT2D eigenvalue weighted by Crippen LogP contribution is 2.28. The Balaban J connectivity index is 1.95. The lowest BCUT2D eigenvalue weighted by atomic mass is 10.2. The van der Waals surface area contributed by atoms with Crippen molar-refractivity contribution in [2.75, 3.05) is 19.0 Å². The molecule has 0 bridgehead atoms. The number of esters is 1. The first-order chi connectivity index (χ1) is 13.3. The number of carbonyl (C=O) groups excluding carboxylic acids is 2. The number of nitro groups is 1. The standard InChI is InChI=1S/C17H14F2N2O7/c1-26-12-6-7-13(14(8-12)21(24)25)20-15(22)9-27-16(23)10-2-4-11(5-3-10)28-17(18)19/h2-8,17H,9H2,1H3,(H,20,22). The Hall–Kier alpha value is -3.76. The topological polar surface area (TPSA) is 117 Å². The molecule has 0 aliphatic heterocycles. The summed E-state index contributed by atoms with van der Waals surface area (Å²) in [6.45, 7) is -3.71. The number of anilines is 1. The second-order valence-electron chi connectivity index (χ2n) is 5.17. The quantitative estimate of drug-likeness (QED) is 0.414. The number of nitrogens with one attached hydrogen (secondary N) is 1. The molecule has 0 heterocycles. The van der Waals surface area contributed by atoms with E-state index in [0.717, 1.165) is 18.2 Å². The molecule has 11 heteroatoms. The van der Waals surface area contributed by atoms with Crippen LogP contribution in [0.2, 0.25) is 0 Å². The molecule has 2 rings (SSSR count). The van der Waals surface area contributed by atoms with Crippen molar-refractivity contribution >= 4 is 23.3 Å². The predicted molar refractivity (Wildman–Crippen MR) is 91.6 cm³/mol. The van der Waals surface area contributed by atoms with Gasteiger partial charge in [0.05, 0.1) is 23.7 Å². The highest BCUT2D eigenvalue weighted by atomic mass is 19.3. The Morgan fingerprint density at radius 1 is 1.14 bits per heavy atom. The van der Waals surface area contributed by atoms with E-state index < -0.39 is 35.7 Å². The molecule has 1 amide bonds. The summed E-state index contributed by atoms with van der Waals surface area (Å²) < 4.78 is 38.0. The molecule has 0 radical (unpaired) electrons. The van der Waals surface area contributed by atoms with Gasteiger partial charge in [0.1, 0.15) is 17.2 Å². The van der Waals surface area contributed by atoms with Crippen LogP contribution in [-0.2, 0) is 9.53 Å². The first-order valence-corrected chi connectivity index (χ1v) is 7.64. The molecule has 0 fully saturated rings. The number of nitro benzene ring substituents is 1. The molecule has 0 aliphatic carbocycles. The number of amides is 1. The normalized spacial score (nSPS) is 10.3. The third-order valence-corrected chi connectivity index (χ3v) is 3.33. The maximum atomic E-state index is 12.1. The fraction of sp³-hybridized carbons (Fsp3) is 0.176. The van der Waals surface area contributed by atoms with E-state index in [0.29, 0.717) is 0 Å². The van der Waals surface area contributed by atoms with Gasteiger partial charge >= 0.3 is 12.6 Å².